The van der Waals surface area contributed by atoms with Gasteiger partial charge in [-0.25, -0.2) is 0 Å². The van der Waals surface area contributed by atoms with Crippen molar-refractivity contribution in [3.8, 4) is 17.2 Å². The fourth-order valence-corrected chi connectivity index (χ4v) is 5.85. The molecule has 3 rings (SSSR count). The molecule has 202 valence electrons. The van der Waals surface area contributed by atoms with Crippen molar-refractivity contribution in [3.63, 3.8) is 0 Å². The second-order valence-electron chi connectivity index (χ2n) is 10.2. The highest BCUT2D eigenvalue weighted by atomic mass is 32.2. The molecule has 1 heterocycles. The second-order valence-corrected chi connectivity index (χ2v) is 11.3. The number of ether oxygens (including phenoxy) is 3. The van der Waals surface area contributed by atoms with E-state index in [1.54, 1.807) is 28.8 Å². The first-order valence-corrected chi connectivity index (χ1v) is 13.8. The van der Waals surface area contributed by atoms with Crippen LogP contribution in [0.5, 0.6) is 17.2 Å². The number of methoxy groups -OCH3 is 3. The normalized spacial score (nSPS) is 17.4. The number of carbonyl (C=O) groups is 2. The van der Waals surface area contributed by atoms with Gasteiger partial charge in [-0.15, -0.1) is 11.8 Å². The van der Waals surface area contributed by atoms with Crippen LogP contribution < -0.4 is 19.5 Å². The number of thioether (sulfide) groups is 1. The molecule has 1 aliphatic rings. The SMILES string of the molecule is CCCCCNC(=O)C1CSC(c2ccc(C(C)(C)C)cc2)N1C(=O)c1cc(OC)c(OC)c(OC)c1. The molecule has 2 atom stereocenters. The molecule has 0 saturated carbocycles. The van der Waals surface area contributed by atoms with Crippen LogP contribution in [-0.2, 0) is 10.2 Å². The smallest absolute Gasteiger partial charge is 0.256 e. The van der Waals surface area contributed by atoms with Gasteiger partial charge in [-0.2, -0.15) is 0 Å². The summed E-state index contributed by atoms with van der Waals surface area (Å²) in [5.74, 6) is 1.33. The Bertz CT molecular complexity index is 1060. The van der Waals surface area contributed by atoms with Crippen LogP contribution in [0.15, 0.2) is 36.4 Å². The van der Waals surface area contributed by atoms with E-state index in [2.05, 4.69) is 57.3 Å². The first kappa shape index (κ1) is 28.7. The third-order valence-corrected chi connectivity index (χ3v) is 7.91. The Morgan fingerprint density at radius 1 is 1.00 bits per heavy atom. The molecule has 0 bridgehead atoms. The summed E-state index contributed by atoms with van der Waals surface area (Å²) in [7, 11) is 4.56. The van der Waals surface area contributed by atoms with Crippen molar-refractivity contribution in [2.75, 3.05) is 33.6 Å². The van der Waals surface area contributed by atoms with Crippen LogP contribution in [0.1, 0.15) is 73.8 Å². The Hall–Kier alpha value is -2.87. The van der Waals surface area contributed by atoms with Gasteiger partial charge in [-0.3, -0.25) is 9.59 Å². The number of amides is 2. The van der Waals surface area contributed by atoms with Crippen molar-refractivity contribution in [1.82, 2.24) is 10.2 Å². The third-order valence-electron chi connectivity index (χ3n) is 6.59. The molecular weight excluding hydrogens is 488 g/mol. The Morgan fingerprint density at radius 2 is 1.62 bits per heavy atom. The number of nitrogens with zero attached hydrogens (tertiary/aromatic N) is 1. The van der Waals surface area contributed by atoms with Crippen LogP contribution >= 0.6 is 11.8 Å². The van der Waals surface area contributed by atoms with Crippen LogP contribution in [0.4, 0.5) is 0 Å². The summed E-state index contributed by atoms with van der Waals surface area (Å²) < 4.78 is 16.4. The van der Waals surface area contributed by atoms with E-state index in [-0.39, 0.29) is 22.6 Å². The lowest BCUT2D eigenvalue weighted by Crippen LogP contribution is -2.48. The molecular formula is C29H40N2O5S. The molecule has 0 aromatic heterocycles. The van der Waals surface area contributed by atoms with Gasteiger partial charge < -0.3 is 24.4 Å². The van der Waals surface area contributed by atoms with Gasteiger partial charge in [0, 0.05) is 17.9 Å². The zero-order chi connectivity index (χ0) is 27.2. The maximum absolute atomic E-state index is 14.1. The third kappa shape index (κ3) is 6.53. The van der Waals surface area contributed by atoms with Crippen LogP contribution in [0.25, 0.3) is 0 Å². The van der Waals surface area contributed by atoms with E-state index in [0.717, 1.165) is 24.8 Å². The van der Waals surface area contributed by atoms with Crippen LogP contribution in [0.3, 0.4) is 0 Å². The van der Waals surface area contributed by atoms with E-state index < -0.39 is 6.04 Å². The summed E-state index contributed by atoms with van der Waals surface area (Å²) in [6.07, 6.45) is 3.05. The van der Waals surface area contributed by atoms with Gasteiger partial charge in [0.25, 0.3) is 5.91 Å². The predicted molar refractivity (Wildman–Crippen MR) is 149 cm³/mol. The van der Waals surface area contributed by atoms with E-state index in [1.165, 1.54) is 26.9 Å². The summed E-state index contributed by atoms with van der Waals surface area (Å²) in [4.78, 5) is 29.0. The first-order valence-electron chi connectivity index (χ1n) is 12.8. The van der Waals surface area contributed by atoms with Crippen molar-refractivity contribution in [3.05, 3.63) is 53.1 Å². The minimum atomic E-state index is -0.592. The number of nitrogens with one attached hydrogen (secondary N) is 1. The Labute approximate surface area is 225 Å². The molecule has 2 aromatic carbocycles. The lowest BCUT2D eigenvalue weighted by atomic mass is 9.86. The van der Waals surface area contributed by atoms with E-state index in [9.17, 15) is 9.59 Å². The lowest BCUT2D eigenvalue weighted by Gasteiger charge is -2.30. The van der Waals surface area contributed by atoms with Crippen LogP contribution in [0.2, 0.25) is 0 Å². The molecule has 2 unspecified atom stereocenters. The molecule has 1 N–H and O–H groups in total. The molecule has 7 nitrogen and oxygen atoms in total. The van der Waals surface area contributed by atoms with Crippen molar-refractivity contribution < 1.29 is 23.8 Å². The molecule has 37 heavy (non-hydrogen) atoms. The Kier molecular flexibility index (Phi) is 9.76. The largest absolute Gasteiger partial charge is 0.493 e. The quantitative estimate of drug-likeness (QED) is 0.406. The zero-order valence-corrected chi connectivity index (χ0v) is 23.9. The van der Waals surface area contributed by atoms with Gasteiger partial charge in [-0.05, 0) is 35.1 Å². The van der Waals surface area contributed by atoms with E-state index in [1.807, 2.05) is 0 Å². The van der Waals surface area contributed by atoms with Gasteiger partial charge in [-0.1, -0.05) is 64.8 Å². The van der Waals surface area contributed by atoms with Crippen molar-refractivity contribution in [1.29, 1.82) is 0 Å². The molecule has 1 fully saturated rings. The Morgan fingerprint density at radius 3 is 2.14 bits per heavy atom. The van der Waals surface area contributed by atoms with Crippen molar-refractivity contribution >= 4 is 23.6 Å². The summed E-state index contributed by atoms with van der Waals surface area (Å²) in [6.45, 7) is 9.25. The van der Waals surface area contributed by atoms with E-state index in [4.69, 9.17) is 14.2 Å². The maximum Gasteiger partial charge on any atom is 0.256 e. The minimum absolute atomic E-state index is 0.0218. The van der Waals surface area contributed by atoms with Gasteiger partial charge >= 0.3 is 0 Å². The number of carbonyl (C=O) groups excluding carboxylic acids is 2. The van der Waals surface area contributed by atoms with Crippen LogP contribution in [-0.4, -0.2) is 56.4 Å². The fourth-order valence-electron chi connectivity index (χ4n) is 4.42. The second kappa shape index (κ2) is 12.6. The zero-order valence-electron chi connectivity index (χ0n) is 23.1. The average molecular weight is 529 g/mol. The van der Waals surface area contributed by atoms with Crippen molar-refractivity contribution in [2.45, 2.75) is 63.8 Å². The highest BCUT2D eigenvalue weighted by Gasteiger charge is 2.43. The first-order chi connectivity index (χ1) is 17.7. The maximum atomic E-state index is 14.1. The number of hydrogen-bond donors (Lipinski definition) is 1. The molecule has 1 aliphatic heterocycles. The highest BCUT2D eigenvalue weighted by Crippen LogP contribution is 2.44. The predicted octanol–water partition coefficient (Wildman–Crippen LogP) is 5.57. The number of benzene rings is 2. The molecule has 2 amide bonds. The van der Waals surface area contributed by atoms with Gasteiger partial charge in [0.05, 0.1) is 21.3 Å². The molecule has 0 spiro atoms. The molecule has 1 saturated heterocycles. The highest BCUT2D eigenvalue weighted by molar-refractivity contribution is 7.99. The van der Waals surface area contributed by atoms with Gasteiger partial charge in [0.15, 0.2) is 11.5 Å². The molecule has 8 heteroatoms. The molecule has 0 aliphatic carbocycles. The van der Waals surface area contributed by atoms with E-state index >= 15 is 0 Å². The van der Waals surface area contributed by atoms with Crippen molar-refractivity contribution in [2.24, 2.45) is 0 Å². The monoisotopic (exact) mass is 528 g/mol. The number of rotatable bonds is 10. The number of unbranched alkanes of at least 4 members (excludes halogenated alkanes) is 2. The van der Waals surface area contributed by atoms with E-state index in [0.29, 0.717) is 35.1 Å². The van der Waals surface area contributed by atoms with Gasteiger partial charge in [0.1, 0.15) is 11.4 Å². The standard InChI is InChI=1S/C29H40N2O5S/c1-8-9-10-15-30-26(32)22-18-37-28(19-11-13-21(14-12-19)29(2,3)4)31(22)27(33)20-16-23(34-5)25(36-7)24(17-20)35-6/h11-14,16-17,22,28H,8-10,15,18H2,1-7H3,(H,30,32). The molecule has 0 radical (unpaired) electrons. The Balaban J connectivity index is 1.99. The molecule has 2 aromatic rings. The summed E-state index contributed by atoms with van der Waals surface area (Å²) in [5, 5.41) is 2.75. The fraction of sp³-hybridized carbons (Fsp3) is 0.517. The topological polar surface area (TPSA) is 77.1 Å². The summed E-state index contributed by atoms with van der Waals surface area (Å²) in [6, 6.07) is 11.0. The number of hydrogen-bond acceptors (Lipinski definition) is 6. The minimum Gasteiger partial charge on any atom is -0.493 e. The summed E-state index contributed by atoms with van der Waals surface area (Å²) >= 11 is 1.60. The lowest BCUT2D eigenvalue weighted by molar-refractivity contribution is -0.124. The average Bonchev–Trinajstić information content (AvgIpc) is 3.34. The van der Waals surface area contributed by atoms with Crippen LogP contribution in [0, 0.1) is 0 Å². The van der Waals surface area contributed by atoms with Gasteiger partial charge in [0.2, 0.25) is 11.7 Å². The summed E-state index contributed by atoms with van der Waals surface area (Å²) in [5.41, 5.74) is 2.60.